The number of ketones is 1. The normalized spacial score (nSPS) is 18.7. The van der Waals surface area contributed by atoms with Gasteiger partial charge in [-0.2, -0.15) is 0 Å². The molecule has 2 N–H and O–H groups in total. The van der Waals surface area contributed by atoms with Crippen molar-refractivity contribution in [3.63, 3.8) is 0 Å². The van der Waals surface area contributed by atoms with Crippen molar-refractivity contribution in [3.05, 3.63) is 77.2 Å². The number of aromatic nitrogens is 1. The number of fused-ring (bicyclic) bond motifs is 1. The smallest absolute Gasteiger partial charge is 0.295 e. The van der Waals surface area contributed by atoms with Crippen LogP contribution in [0.25, 0.3) is 16.7 Å². The summed E-state index contributed by atoms with van der Waals surface area (Å²) in [6, 6.07) is 12.1. The molecule has 0 saturated carbocycles. The van der Waals surface area contributed by atoms with Crippen molar-refractivity contribution in [2.45, 2.75) is 6.04 Å². The Balaban J connectivity index is 1.93. The minimum atomic E-state index is -1.04. The van der Waals surface area contributed by atoms with E-state index in [0.29, 0.717) is 10.9 Å². The molecule has 0 bridgehead atoms. The van der Waals surface area contributed by atoms with Crippen molar-refractivity contribution < 1.29 is 23.8 Å². The van der Waals surface area contributed by atoms with Gasteiger partial charge in [0.15, 0.2) is 0 Å². The zero-order chi connectivity index (χ0) is 20.5. The highest BCUT2D eigenvalue weighted by molar-refractivity contribution is 6.46. The Labute approximate surface area is 166 Å². The summed E-state index contributed by atoms with van der Waals surface area (Å²) in [5.74, 6) is -2.55. The fourth-order valence-corrected chi connectivity index (χ4v) is 3.73. The topological polar surface area (TPSA) is 82.6 Å². The summed E-state index contributed by atoms with van der Waals surface area (Å²) < 4.78 is 19.7. The molecule has 4 rings (SSSR count). The van der Waals surface area contributed by atoms with E-state index in [9.17, 15) is 19.1 Å². The second kappa shape index (κ2) is 7.52. The Kier molecular flexibility index (Phi) is 4.90. The maximum absolute atomic E-state index is 14.6. The van der Waals surface area contributed by atoms with Crippen molar-refractivity contribution in [3.8, 4) is 0 Å². The van der Waals surface area contributed by atoms with Gasteiger partial charge in [0.05, 0.1) is 18.2 Å². The first-order valence-electron chi connectivity index (χ1n) is 9.13. The van der Waals surface area contributed by atoms with Crippen molar-refractivity contribution in [1.82, 2.24) is 9.88 Å². The predicted molar refractivity (Wildman–Crippen MR) is 106 cm³/mol. The number of benzene rings is 2. The first kappa shape index (κ1) is 18.9. The van der Waals surface area contributed by atoms with E-state index in [1.54, 1.807) is 24.4 Å². The number of carbonyl (C=O) groups is 2. The van der Waals surface area contributed by atoms with Gasteiger partial charge in [-0.15, -0.1) is 0 Å². The van der Waals surface area contributed by atoms with E-state index in [4.69, 9.17) is 4.74 Å². The summed E-state index contributed by atoms with van der Waals surface area (Å²) >= 11 is 0. The zero-order valence-electron chi connectivity index (χ0n) is 15.7. The molecule has 6 nitrogen and oxygen atoms in total. The molecule has 29 heavy (non-hydrogen) atoms. The minimum absolute atomic E-state index is 0.0880. The molecule has 1 atom stereocenters. The number of methoxy groups -OCH3 is 1. The minimum Gasteiger partial charge on any atom is -0.507 e. The lowest BCUT2D eigenvalue weighted by molar-refractivity contribution is -0.140. The lowest BCUT2D eigenvalue weighted by Crippen LogP contribution is -2.33. The van der Waals surface area contributed by atoms with Gasteiger partial charge in [-0.3, -0.25) is 9.59 Å². The number of ether oxygens (including phenoxy) is 1. The van der Waals surface area contributed by atoms with Gasteiger partial charge >= 0.3 is 0 Å². The van der Waals surface area contributed by atoms with Gasteiger partial charge in [0.2, 0.25) is 0 Å². The molecule has 1 saturated heterocycles. The van der Waals surface area contributed by atoms with Crippen LogP contribution in [0.5, 0.6) is 0 Å². The number of nitrogens with zero attached hydrogens (tertiary/aromatic N) is 1. The zero-order valence-corrected chi connectivity index (χ0v) is 15.7. The van der Waals surface area contributed by atoms with Gasteiger partial charge in [0.1, 0.15) is 11.6 Å². The quantitative estimate of drug-likeness (QED) is 0.395. The largest absolute Gasteiger partial charge is 0.507 e. The van der Waals surface area contributed by atoms with Crippen molar-refractivity contribution >= 4 is 28.4 Å². The molecule has 0 aliphatic carbocycles. The number of Topliss-reactive ketones (excluding diaryl/α,β-unsaturated/α-hetero) is 1. The SMILES string of the molecule is COCCN1C(=O)C(=O)/C(=C(/O)c2c[nH]c3ccccc23)C1c1ccccc1F. The van der Waals surface area contributed by atoms with Crippen LogP contribution in [0.4, 0.5) is 4.39 Å². The van der Waals surface area contributed by atoms with Crippen LogP contribution in [-0.2, 0) is 14.3 Å². The summed E-state index contributed by atoms with van der Waals surface area (Å²) in [4.78, 5) is 29.8. The maximum Gasteiger partial charge on any atom is 0.295 e. The molecule has 1 aromatic heterocycles. The predicted octanol–water partition coefficient (Wildman–Crippen LogP) is 3.38. The molecule has 2 aromatic carbocycles. The molecule has 1 aliphatic heterocycles. The summed E-state index contributed by atoms with van der Waals surface area (Å²) in [5, 5.41) is 11.8. The van der Waals surface area contributed by atoms with Crippen LogP contribution in [0.2, 0.25) is 0 Å². The van der Waals surface area contributed by atoms with Crippen LogP contribution in [0.15, 0.2) is 60.3 Å². The van der Waals surface area contributed by atoms with Crippen LogP contribution >= 0.6 is 0 Å². The first-order valence-corrected chi connectivity index (χ1v) is 9.13. The summed E-state index contributed by atoms with van der Waals surface area (Å²) in [6.07, 6.45) is 1.57. The molecule has 1 amide bonds. The first-order chi connectivity index (χ1) is 14.0. The lowest BCUT2D eigenvalue weighted by Gasteiger charge is -2.25. The number of halogens is 1. The molecule has 7 heteroatoms. The average molecular weight is 394 g/mol. The molecule has 3 aromatic rings. The summed E-state index contributed by atoms with van der Waals surface area (Å²) in [6.45, 7) is 0.260. The Morgan fingerprint density at radius 2 is 1.90 bits per heavy atom. The number of nitrogens with one attached hydrogen (secondary N) is 1. The molecule has 1 fully saturated rings. The van der Waals surface area contributed by atoms with Crippen molar-refractivity contribution in [2.75, 3.05) is 20.3 Å². The number of likely N-dealkylation sites (tertiary alicyclic amines) is 1. The number of para-hydroxylation sites is 1. The number of aliphatic hydroxyl groups is 1. The molecule has 1 aliphatic rings. The number of H-pyrrole nitrogens is 1. The van der Waals surface area contributed by atoms with Gasteiger partial charge in [-0.05, 0) is 12.1 Å². The number of amides is 1. The van der Waals surface area contributed by atoms with Crippen molar-refractivity contribution in [1.29, 1.82) is 0 Å². The molecular weight excluding hydrogens is 375 g/mol. The third-order valence-electron chi connectivity index (χ3n) is 5.12. The third-order valence-corrected chi connectivity index (χ3v) is 5.12. The van der Waals surface area contributed by atoms with E-state index in [1.807, 2.05) is 12.1 Å². The highest BCUT2D eigenvalue weighted by Crippen LogP contribution is 2.41. The number of rotatable bonds is 5. The summed E-state index contributed by atoms with van der Waals surface area (Å²) in [7, 11) is 1.47. The molecule has 1 unspecified atom stereocenters. The van der Waals surface area contributed by atoms with E-state index in [1.165, 1.54) is 30.2 Å². The summed E-state index contributed by atoms with van der Waals surface area (Å²) in [5.41, 5.74) is 1.15. The van der Waals surface area contributed by atoms with Gasteiger partial charge in [0.25, 0.3) is 11.7 Å². The molecule has 148 valence electrons. The number of aromatic amines is 1. The van der Waals surface area contributed by atoms with Gasteiger partial charge < -0.3 is 19.7 Å². The van der Waals surface area contributed by atoms with Crippen LogP contribution in [-0.4, -0.2) is 46.9 Å². The van der Waals surface area contributed by atoms with Gasteiger partial charge in [-0.25, -0.2) is 4.39 Å². The van der Waals surface area contributed by atoms with E-state index in [-0.39, 0.29) is 30.0 Å². The van der Waals surface area contributed by atoms with Crippen LogP contribution in [0, 0.1) is 5.82 Å². The number of carbonyl (C=O) groups excluding carboxylic acids is 2. The molecular formula is C22H19FN2O4. The Morgan fingerprint density at radius 3 is 2.66 bits per heavy atom. The van der Waals surface area contributed by atoms with Crippen LogP contribution in [0.3, 0.4) is 0 Å². The highest BCUT2D eigenvalue weighted by Gasteiger charge is 2.46. The number of hydrogen-bond acceptors (Lipinski definition) is 4. The Hall–Kier alpha value is -3.45. The maximum atomic E-state index is 14.6. The standard InChI is InChI=1S/C22H19FN2O4/c1-29-11-10-25-19(14-7-2-4-8-16(14)23)18(21(27)22(25)28)20(26)15-12-24-17-9-5-3-6-13(15)17/h2-9,12,19,24,26H,10-11H2,1H3/b20-18+. The monoisotopic (exact) mass is 394 g/mol. The van der Waals surface area contributed by atoms with Crippen molar-refractivity contribution in [2.24, 2.45) is 0 Å². The fraction of sp³-hybridized carbons (Fsp3) is 0.182. The second-order valence-corrected chi connectivity index (χ2v) is 6.75. The molecule has 0 radical (unpaired) electrons. The number of aliphatic hydroxyl groups excluding tert-OH is 1. The van der Waals surface area contributed by atoms with E-state index in [0.717, 1.165) is 5.52 Å². The number of hydrogen-bond donors (Lipinski definition) is 2. The van der Waals surface area contributed by atoms with E-state index < -0.39 is 23.5 Å². The lowest BCUT2D eigenvalue weighted by atomic mass is 9.95. The molecule has 0 spiro atoms. The third kappa shape index (κ3) is 3.09. The van der Waals surface area contributed by atoms with Crippen LogP contribution in [0.1, 0.15) is 17.2 Å². The van der Waals surface area contributed by atoms with E-state index in [2.05, 4.69) is 4.98 Å². The molecule has 2 heterocycles. The second-order valence-electron chi connectivity index (χ2n) is 6.75. The van der Waals surface area contributed by atoms with Crippen LogP contribution < -0.4 is 0 Å². The van der Waals surface area contributed by atoms with Gasteiger partial charge in [-0.1, -0.05) is 36.4 Å². The Bertz CT molecular complexity index is 1130. The highest BCUT2D eigenvalue weighted by atomic mass is 19.1. The fourth-order valence-electron chi connectivity index (χ4n) is 3.73. The van der Waals surface area contributed by atoms with Gasteiger partial charge in [0, 0.05) is 41.9 Å². The Morgan fingerprint density at radius 1 is 1.17 bits per heavy atom. The average Bonchev–Trinajstić information content (AvgIpc) is 3.26. The van der Waals surface area contributed by atoms with E-state index >= 15 is 0 Å².